The summed E-state index contributed by atoms with van der Waals surface area (Å²) >= 11 is 0. The molecule has 1 aromatic rings. The van der Waals surface area contributed by atoms with Crippen LogP contribution in [0.2, 0.25) is 0 Å². The number of nitriles is 1. The van der Waals surface area contributed by atoms with Gasteiger partial charge in [0.25, 0.3) is 0 Å². The van der Waals surface area contributed by atoms with Crippen molar-refractivity contribution in [1.29, 1.82) is 5.26 Å². The van der Waals surface area contributed by atoms with Crippen LogP contribution in [0.25, 0.3) is 0 Å². The normalized spacial score (nSPS) is 25.1. The number of likely N-dealkylation sites (tertiary alicyclic amines) is 1. The zero-order chi connectivity index (χ0) is 18.7. The molecule has 4 heteroatoms. The maximum absolute atomic E-state index is 12.4. The van der Waals surface area contributed by atoms with Crippen LogP contribution in [0.1, 0.15) is 74.8 Å². The highest BCUT2D eigenvalue weighted by atomic mass is 16.2. The summed E-state index contributed by atoms with van der Waals surface area (Å²) in [5.74, 6) is 0.583. The van der Waals surface area contributed by atoms with Crippen LogP contribution in [0.4, 0.5) is 0 Å². The molecule has 1 saturated carbocycles. The molecule has 1 aromatic carbocycles. The highest BCUT2D eigenvalue weighted by Gasteiger charge is 2.45. The van der Waals surface area contributed by atoms with Gasteiger partial charge in [0.1, 0.15) is 0 Å². The minimum absolute atomic E-state index is 0.201. The number of fused-ring (bicyclic) bond motifs is 2. The van der Waals surface area contributed by atoms with E-state index in [0.29, 0.717) is 24.9 Å². The van der Waals surface area contributed by atoms with E-state index in [1.807, 2.05) is 0 Å². The van der Waals surface area contributed by atoms with Gasteiger partial charge in [0.05, 0.1) is 12.6 Å². The summed E-state index contributed by atoms with van der Waals surface area (Å²) in [7, 11) is 0. The third-order valence-corrected chi connectivity index (χ3v) is 7.10. The Hall–Kier alpha value is -1.86. The minimum atomic E-state index is 0.201. The molecule has 4 nitrogen and oxygen atoms in total. The molecule has 0 radical (unpaired) electrons. The fraction of sp³-hybridized carbons (Fsp3) is 0.652. The van der Waals surface area contributed by atoms with Crippen molar-refractivity contribution >= 4 is 5.91 Å². The Morgan fingerprint density at radius 3 is 2.67 bits per heavy atom. The van der Waals surface area contributed by atoms with Crippen LogP contribution in [-0.4, -0.2) is 36.5 Å². The van der Waals surface area contributed by atoms with Gasteiger partial charge in [-0.3, -0.25) is 9.69 Å². The molecule has 1 saturated heterocycles. The third-order valence-electron chi connectivity index (χ3n) is 7.10. The quantitative estimate of drug-likeness (QED) is 0.881. The van der Waals surface area contributed by atoms with Gasteiger partial charge in [0.15, 0.2) is 0 Å². The van der Waals surface area contributed by atoms with Crippen LogP contribution in [0.5, 0.6) is 0 Å². The summed E-state index contributed by atoms with van der Waals surface area (Å²) in [6.45, 7) is 2.49. The van der Waals surface area contributed by atoms with Gasteiger partial charge < -0.3 is 5.32 Å². The van der Waals surface area contributed by atoms with E-state index >= 15 is 0 Å². The molecule has 1 atom stereocenters. The SMILES string of the molecule is N#CCC1CC2(CCN(CC(=O)NC3CCCCC3)CC2)c2ccccc21. The average Bonchev–Trinajstić information content (AvgIpc) is 2.99. The first-order valence-electron chi connectivity index (χ1n) is 10.7. The smallest absolute Gasteiger partial charge is 0.234 e. The van der Waals surface area contributed by atoms with Crippen molar-refractivity contribution in [2.45, 2.75) is 75.2 Å². The molecule has 2 aliphatic carbocycles. The molecule has 1 heterocycles. The lowest BCUT2D eigenvalue weighted by Crippen LogP contribution is -2.47. The molecule has 1 spiro atoms. The standard InChI is InChI=1S/C23H31N3O/c24-13-10-18-16-23(21-9-5-4-8-20(18)21)11-14-26(15-12-23)17-22(27)25-19-6-2-1-3-7-19/h4-5,8-9,18-19H,1-3,6-7,10-12,14-17H2,(H,25,27). The predicted molar refractivity (Wildman–Crippen MR) is 106 cm³/mol. The van der Waals surface area contributed by atoms with E-state index in [4.69, 9.17) is 0 Å². The zero-order valence-electron chi connectivity index (χ0n) is 16.3. The Morgan fingerprint density at radius 2 is 1.93 bits per heavy atom. The van der Waals surface area contributed by atoms with E-state index in [1.165, 1.54) is 30.4 Å². The molecule has 1 amide bonds. The molecule has 0 aromatic heterocycles. The first-order valence-corrected chi connectivity index (χ1v) is 10.7. The van der Waals surface area contributed by atoms with E-state index in [-0.39, 0.29) is 11.3 Å². The second-order valence-electron chi connectivity index (χ2n) is 8.81. The number of carbonyl (C=O) groups excluding carboxylic acids is 1. The van der Waals surface area contributed by atoms with Gasteiger partial charge in [-0.25, -0.2) is 0 Å². The summed E-state index contributed by atoms with van der Waals surface area (Å²) in [6, 6.07) is 11.5. The predicted octanol–water partition coefficient (Wildman–Crippen LogP) is 3.87. The van der Waals surface area contributed by atoms with Crippen molar-refractivity contribution in [3.63, 3.8) is 0 Å². The van der Waals surface area contributed by atoms with Crippen molar-refractivity contribution in [1.82, 2.24) is 10.2 Å². The number of hydrogen-bond acceptors (Lipinski definition) is 3. The molecular weight excluding hydrogens is 334 g/mol. The number of benzene rings is 1. The van der Waals surface area contributed by atoms with Gasteiger partial charge >= 0.3 is 0 Å². The number of rotatable bonds is 4. The van der Waals surface area contributed by atoms with Gasteiger partial charge in [-0.1, -0.05) is 43.5 Å². The number of piperidine rings is 1. The monoisotopic (exact) mass is 365 g/mol. The second kappa shape index (κ2) is 8.02. The van der Waals surface area contributed by atoms with Crippen LogP contribution >= 0.6 is 0 Å². The van der Waals surface area contributed by atoms with Crippen LogP contribution < -0.4 is 5.32 Å². The van der Waals surface area contributed by atoms with E-state index in [1.54, 1.807) is 0 Å². The zero-order valence-corrected chi connectivity index (χ0v) is 16.3. The molecule has 27 heavy (non-hydrogen) atoms. The lowest BCUT2D eigenvalue weighted by molar-refractivity contribution is -0.123. The van der Waals surface area contributed by atoms with Gasteiger partial charge in [-0.2, -0.15) is 5.26 Å². The van der Waals surface area contributed by atoms with Gasteiger partial charge in [0.2, 0.25) is 5.91 Å². The summed E-state index contributed by atoms with van der Waals surface area (Å²) in [4.78, 5) is 14.8. The lowest BCUT2D eigenvalue weighted by atomic mass is 9.73. The number of carbonyl (C=O) groups is 1. The van der Waals surface area contributed by atoms with Crippen LogP contribution in [-0.2, 0) is 10.2 Å². The van der Waals surface area contributed by atoms with Crippen LogP contribution in [0, 0.1) is 11.3 Å². The number of nitrogens with zero attached hydrogens (tertiary/aromatic N) is 2. The van der Waals surface area contributed by atoms with E-state index < -0.39 is 0 Å². The summed E-state index contributed by atoms with van der Waals surface area (Å²) in [5.41, 5.74) is 3.08. The van der Waals surface area contributed by atoms with Crippen molar-refractivity contribution in [3.8, 4) is 6.07 Å². The largest absolute Gasteiger partial charge is 0.352 e. The van der Waals surface area contributed by atoms with Crippen LogP contribution in [0.3, 0.4) is 0 Å². The molecule has 1 unspecified atom stereocenters. The second-order valence-corrected chi connectivity index (χ2v) is 8.81. The van der Waals surface area contributed by atoms with Crippen molar-refractivity contribution in [2.24, 2.45) is 0 Å². The Morgan fingerprint density at radius 1 is 1.19 bits per heavy atom. The van der Waals surface area contributed by atoms with Crippen molar-refractivity contribution < 1.29 is 4.79 Å². The van der Waals surface area contributed by atoms with E-state index in [9.17, 15) is 10.1 Å². The van der Waals surface area contributed by atoms with Gasteiger partial charge in [0, 0.05) is 12.5 Å². The highest BCUT2D eigenvalue weighted by molar-refractivity contribution is 5.78. The maximum atomic E-state index is 12.4. The Kier molecular flexibility index (Phi) is 5.50. The molecule has 1 N–H and O–H groups in total. The first kappa shape index (κ1) is 18.5. The first-order chi connectivity index (χ1) is 13.2. The molecule has 4 rings (SSSR count). The van der Waals surface area contributed by atoms with Crippen molar-refractivity contribution in [3.05, 3.63) is 35.4 Å². The molecule has 2 fully saturated rings. The fourth-order valence-corrected chi connectivity index (χ4v) is 5.66. The molecule has 0 bridgehead atoms. The van der Waals surface area contributed by atoms with Crippen molar-refractivity contribution in [2.75, 3.05) is 19.6 Å². The summed E-state index contributed by atoms with van der Waals surface area (Å²) in [5, 5.41) is 12.5. The Bertz CT molecular complexity index is 709. The number of hydrogen-bond donors (Lipinski definition) is 1. The average molecular weight is 366 g/mol. The third kappa shape index (κ3) is 3.89. The van der Waals surface area contributed by atoms with E-state index in [2.05, 4.69) is 40.6 Å². The summed E-state index contributed by atoms with van der Waals surface area (Å²) < 4.78 is 0. The number of nitrogens with one attached hydrogen (secondary N) is 1. The topological polar surface area (TPSA) is 56.1 Å². The fourth-order valence-electron chi connectivity index (χ4n) is 5.66. The lowest BCUT2D eigenvalue weighted by Gasteiger charge is -2.40. The minimum Gasteiger partial charge on any atom is -0.352 e. The van der Waals surface area contributed by atoms with E-state index in [0.717, 1.165) is 45.2 Å². The summed E-state index contributed by atoms with van der Waals surface area (Å²) in [6.07, 6.45) is 10.0. The number of amides is 1. The molecule has 3 aliphatic rings. The molecule has 144 valence electrons. The highest BCUT2D eigenvalue weighted by Crippen LogP contribution is 2.52. The van der Waals surface area contributed by atoms with Gasteiger partial charge in [-0.05, 0) is 67.7 Å². The Labute approximate surface area is 162 Å². The molecular formula is C23H31N3O. The van der Waals surface area contributed by atoms with Crippen LogP contribution in [0.15, 0.2) is 24.3 Å². The van der Waals surface area contributed by atoms with Gasteiger partial charge in [-0.15, -0.1) is 0 Å². The molecule has 1 aliphatic heterocycles. The maximum Gasteiger partial charge on any atom is 0.234 e. The Balaban J connectivity index is 1.35.